The largest absolute Gasteiger partial charge is 0.368 e. The molecule has 22 heavy (non-hydrogen) atoms. The maximum atomic E-state index is 8.90. The van der Waals surface area contributed by atoms with Gasteiger partial charge in [0.2, 0.25) is 0 Å². The first kappa shape index (κ1) is 14.9. The van der Waals surface area contributed by atoms with E-state index in [0.29, 0.717) is 10.6 Å². The molecule has 1 aliphatic heterocycles. The van der Waals surface area contributed by atoms with Crippen LogP contribution in [-0.2, 0) is 6.54 Å². The highest BCUT2D eigenvalue weighted by molar-refractivity contribution is 6.33. The van der Waals surface area contributed by atoms with Crippen molar-refractivity contribution in [1.29, 1.82) is 5.26 Å². The third kappa shape index (κ3) is 3.24. The van der Waals surface area contributed by atoms with Gasteiger partial charge in [-0.1, -0.05) is 16.8 Å². The van der Waals surface area contributed by atoms with E-state index < -0.39 is 0 Å². The van der Waals surface area contributed by atoms with Gasteiger partial charge < -0.3 is 9.42 Å². The molecule has 0 aliphatic carbocycles. The first-order valence-electron chi connectivity index (χ1n) is 7.25. The van der Waals surface area contributed by atoms with E-state index in [0.717, 1.165) is 49.9 Å². The Morgan fingerprint density at radius 2 is 2.05 bits per heavy atom. The van der Waals surface area contributed by atoms with E-state index in [-0.39, 0.29) is 0 Å². The maximum absolute atomic E-state index is 8.90. The smallest absolute Gasteiger partial charge is 0.150 e. The molecule has 0 atom stereocenters. The number of hydrogen-bond donors (Lipinski definition) is 0. The van der Waals surface area contributed by atoms with E-state index in [4.69, 9.17) is 21.4 Å². The van der Waals surface area contributed by atoms with E-state index in [9.17, 15) is 0 Å². The Labute approximate surface area is 134 Å². The number of halogens is 1. The average Bonchev–Trinajstić information content (AvgIpc) is 2.93. The average molecular weight is 317 g/mol. The van der Waals surface area contributed by atoms with E-state index >= 15 is 0 Å². The van der Waals surface area contributed by atoms with E-state index in [1.165, 1.54) is 0 Å². The van der Waals surface area contributed by atoms with Crippen LogP contribution in [0.5, 0.6) is 0 Å². The molecule has 0 bridgehead atoms. The minimum Gasteiger partial charge on any atom is -0.368 e. The predicted molar refractivity (Wildman–Crippen MR) is 84.9 cm³/mol. The van der Waals surface area contributed by atoms with Gasteiger partial charge in [0.05, 0.1) is 34.6 Å². The van der Waals surface area contributed by atoms with Gasteiger partial charge in [-0.2, -0.15) is 5.26 Å². The van der Waals surface area contributed by atoms with Crippen molar-refractivity contribution >= 4 is 17.3 Å². The van der Waals surface area contributed by atoms with Crippen LogP contribution >= 0.6 is 11.6 Å². The van der Waals surface area contributed by atoms with Gasteiger partial charge in [-0.25, -0.2) is 0 Å². The Balaban J connectivity index is 1.61. The zero-order valence-corrected chi connectivity index (χ0v) is 13.2. The van der Waals surface area contributed by atoms with E-state index in [1.807, 2.05) is 25.1 Å². The first-order valence-corrected chi connectivity index (χ1v) is 7.62. The highest BCUT2D eigenvalue weighted by Gasteiger charge is 2.20. The fraction of sp³-hybridized carbons (Fsp3) is 0.375. The Kier molecular flexibility index (Phi) is 4.32. The summed E-state index contributed by atoms with van der Waals surface area (Å²) < 4.78 is 5.27. The van der Waals surface area contributed by atoms with Gasteiger partial charge in [0, 0.05) is 32.2 Å². The summed E-state index contributed by atoms with van der Waals surface area (Å²) >= 11 is 6.28. The molecule has 1 aliphatic rings. The van der Waals surface area contributed by atoms with Crippen molar-refractivity contribution in [2.24, 2.45) is 0 Å². The van der Waals surface area contributed by atoms with Crippen molar-refractivity contribution in [3.63, 3.8) is 0 Å². The lowest BCUT2D eigenvalue weighted by atomic mass is 10.2. The van der Waals surface area contributed by atoms with Crippen LogP contribution in [-0.4, -0.2) is 36.2 Å². The molecule has 1 aromatic carbocycles. The fourth-order valence-corrected chi connectivity index (χ4v) is 2.99. The second-order valence-corrected chi connectivity index (χ2v) is 5.88. The molecule has 1 saturated heterocycles. The number of nitrogens with zero attached hydrogens (tertiary/aromatic N) is 4. The van der Waals surface area contributed by atoms with Crippen LogP contribution in [0.15, 0.2) is 28.8 Å². The van der Waals surface area contributed by atoms with Gasteiger partial charge in [-0.15, -0.1) is 0 Å². The summed E-state index contributed by atoms with van der Waals surface area (Å²) in [4.78, 5) is 4.60. The van der Waals surface area contributed by atoms with Crippen molar-refractivity contribution < 1.29 is 4.52 Å². The zero-order valence-electron chi connectivity index (χ0n) is 12.4. The van der Waals surface area contributed by atoms with Crippen LogP contribution in [0, 0.1) is 18.3 Å². The third-order valence-electron chi connectivity index (χ3n) is 3.85. The second-order valence-electron chi connectivity index (χ2n) is 5.48. The zero-order chi connectivity index (χ0) is 15.5. The molecule has 0 N–H and O–H groups in total. The number of anilines is 1. The lowest BCUT2D eigenvalue weighted by molar-refractivity contribution is 0.219. The van der Waals surface area contributed by atoms with Crippen LogP contribution in [0.25, 0.3) is 0 Å². The molecule has 0 spiro atoms. The van der Waals surface area contributed by atoms with Crippen molar-refractivity contribution in [1.82, 2.24) is 10.1 Å². The third-order valence-corrected chi connectivity index (χ3v) is 4.15. The van der Waals surface area contributed by atoms with Gasteiger partial charge in [0.15, 0.2) is 5.76 Å². The fourth-order valence-electron chi connectivity index (χ4n) is 2.69. The minimum absolute atomic E-state index is 0.591. The number of nitriles is 1. The summed E-state index contributed by atoms with van der Waals surface area (Å²) in [5.41, 5.74) is 2.50. The molecule has 1 fully saturated rings. The molecular weight excluding hydrogens is 300 g/mol. The van der Waals surface area contributed by atoms with Crippen LogP contribution in [0.4, 0.5) is 5.69 Å². The Morgan fingerprint density at radius 1 is 1.27 bits per heavy atom. The standard InChI is InChI=1S/C16H17ClN4O/c1-12-8-14(22-19-12)11-20-4-6-21(7-5-20)16-3-2-13(10-18)9-15(16)17/h2-3,8-9H,4-7,11H2,1H3. The van der Waals surface area contributed by atoms with Gasteiger partial charge >= 0.3 is 0 Å². The van der Waals surface area contributed by atoms with E-state index in [1.54, 1.807) is 6.07 Å². The van der Waals surface area contributed by atoms with Crippen molar-refractivity contribution in [2.75, 3.05) is 31.1 Å². The molecule has 0 radical (unpaired) electrons. The first-order chi connectivity index (χ1) is 10.7. The summed E-state index contributed by atoms with van der Waals surface area (Å²) in [5.74, 6) is 0.905. The van der Waals surface area contributed by atoms with Crippen molar-refractivity contribution in [3.8, 4) is 6.07 Å². The van der Waals surface area contributed by atoms with Gasteiger partial charge in [0.25, 0.3) is 0 Å². The molecule has 0 amide bonds. The van der Waals surface area contributed by atoms with Gasteiger partial charge in [0.1, 0.15) is 0 Å². The Hall–Kier alpha value is -2.03. The van der Waals surface area contributed by atoms with Gasteiger partial charge in [-0.05, 0) is 25.1 Å². The Morgan fingerprint density at radius 3 is 2.64 bits per heavy atom. The molecule has 2 heterocycles. The quantitative estimate of drug-likeness (QED) is 0.871. The molecular formula is C16H17ClN4O. The molecule has 2 aromatic rings. The van der Waals surface area contributed by atoms with Crippen molar-refractivity contribution in [3.05, 3.63) is 46.3 Å². The molecule has 0 unspecified atom stereocenters. The molecule has 0 saturated carbocycles. The second kappa shape index (κ2) is 6.39. The van der Waals surface area contributed by atoms with Crippen LogP contribution < -0.4 is 4.90 Å². The number of rotatable bonds is 3. The number of aromatic nitrogens is 1. The summed E-state index contributed by atoms with van der Waals surface area (Å²) in [7, 11) is 0. The van der Waals surface area contributed by atoms with Crippen LogP contribution in [0.2, 0.25) is 5.02 Å². The van der Waals surface area contributed by atoms with Crippen molar-refractivity contribution in [2.45, 2.75) is 13.5 Å². The van der Waals surface area contributed by atoms with Crippen LogP contribution in [0.1, 0.15) is 17.0 Å². The lowest BCUT2D eigenvalue weighted by Crippen LogP contribution is -2.46. The SMILES string of the molecule is Cc1cc(CN2CCN(c3ccc(C#N)cc3Cl)CC2)on1. The molecule has 114 valence electrons. The number of hydrogen-bond acceptors (Lipinski definition) is 5. The highest BCUT2D eigenvalue weighted by atomic mass is 35.5. The summed E-state index contributed by atoms with van der Waals surface area (Å²) in [6.07, 6.45) is 0. The minimum atomic E-state index is 0.591. The number of aryl methyl sites for hydroxylation is 1. The Bertz CT molecular complexity index is 698. The summed E-state index contributed by atoms with van der Waals surface area (Å²) in [5, 5.41) is 13.5. The highest BCUT2D eigenvalue weighted by Crippen LogP contribution is 2.27. The van der Waals surface area contributed by atoms with Crippen LogP contribution in [0.3, 0.4) is 0 Å². The summed E-state index contributed by atoms with van der Waals surface area (Å²) in [6.45, 7) is 6.40. The molecule has 6 heteroatoms. The lowest BCUT2D eigenvalue weighted by Gasteiger charge is -2.36. The topological polar surface area (TPSA) is 56.3 Å². The molecule has 5 nitrogen and oxygen atoms in total. The maximum Gasteiger partial charge on any atom is 0.150 e. The van der Waals surface area contributed by atoms with Gasteiger partial charge in [-0.3, -0.25) is 4.90 Å². The number of piperazine rings is 1. The molecule has 3 rings (SSSR count). The summed E-state index contributed by atoms with van der Waals surface area (Å²) in [6, 6.07) is 9.54. The monoisotopic (exact) mass is 316 g/mol. The number of benzene rings is 1. The van der Waals surface area contributed by atoms with E-state index in [2.05, 4.69) is 21.0 Å². The predicted octanol–water partition coefficient (Wildman–Crippen LogP) is 2.83. The normalized spacial score (nSPS) is 15.8. The molecule has 1 aromatic heterocycles.